The molecule has 0 saturated carbocycles. The summed E-state index contributed by atoms with van der Waals surface area (Å²) in [6.07, 6.45) is 5.13. The van der Waals surface area contributed by atoms with Crippen LogP contribution in [-0.4, -0.2) is 14.6 Å². The van der Waals surface area contributed by atoms with E-state index in [9.17, 15) is 0 Å². The Morgan fingerprint density at radius 2 is 1.64 bits per heavy atom. The molecule has 0 aliphatic rings. The second-order valence-corrected chi connectivity index (χ2v) is 7.07. The van der Waals surface area contributed by atoms with Crippen molar-refractivity contribution in [3.63, 3.8) is 0 Å². The van der Waals surface area contributed by atoms with E-state index in [4.69, 9.17) is 10.1 Å². The first kappa shape index (κ1) is 17.7. The molecule has 0 bridgehead atoms. The molecule has 3 aromatic rings. The maximum absolute atomic E-state index is 4.98. The molecule has 0 saturated heterocycles. The quantitative estimate of drug-likeness (QED) is 0.591. The van der Waals surface area contributed by atoms with Crippen molar-refractivity contribution >= 4 is 5.65 Å². The van der Waals surface area contributed by atoms with Gasteiger partial charge in [0, 0.05) is 17.3 Å². The minimum Gasteiger partial charge on any atom is -0.237 e. The van der Waals surface area contributed by atoms with Crippen LogP contribution in [0.4, 0.5) is 0 Å². The second kappa shape index (κ2) is 6.99. The first-order valence-electron chi connectivity index (χ1n) is 9.46. The van der Waals surface area contributed by atoms with Gasteiger partial charge in [0.1, 0.15) is 0 Å². The van der Waals surface area contributed by atoms with Crippen LogP contribution in [0.5, 0.6) is 0 Å². The topological polar surface area (TPSA) is 30.2 Å². The van der Waals surface area contributed by atoms with E-state index in [1.165, 1.54) is 33.5 Å². The zero-order valence-corrected chi connectivity index (χ0v) is 16.3. The van der Waals surface area contributed by atoms with Crippen LogP contribution in [0.3, 0.4) is 0 Å². The van der Waals surface area contributed by atoms with Gasteiger partial charge in [-0.1, -0.05) is 38.5 Å². The molecule has 0 amide bonds. The molecule has 25 heavy (non-hydrogen) atoms. The van der Waals surface area contributed by atoms with Crippen LogP contribution >= 0.6 is 0 Å². The van der Waals surface area contributed by atoms with Crippen molar-refractivity contribution in [2.45, 2.75) is 66.7 Å². The third-order valence-electron chi connectivity index (χ3n) is 5.29. The van der Waals surface area contributed by atoms with Crippen LogP contribution in [0, 0.1) is 20.8 Å². The molecular weight excluding hydrogens is 306 g/mol. The molecule has 132 valence electrons. The van der Waals surface area contributed by atoms with Gasteiger partial charge in [-0.15, -0.1) is 0 Å². The van der Waals surface area contributed by atoms with E-state index < -0.39 is 0 Å². The van der Waals surface area contributed by atoms with Crippen molar-refractivity contribution in [3.05, 3.63) is 52.3 Å². The van der Waals surface area contributed by atoms with Crippen molar-refractivity contribution in [1.82, 2.24) is 14.6 Å². The van der Waals surface area contributed by atoms with Crippen LogP contribution in [0.1, 0.15) is 67.5 Å². The van der Waals surface area contributed by atoms with Gasteiger partial charge in [0.15, 0.2) is 5.65 Å². The third-order valence-corrected chi connectivity index (χ3v) is 5.29. The molecule has 2 aromatic heterocycles. The molecule has 0 spiro atoms. The predicted octanol–water partition coefficient (Wildman–Crippen LogP) is 5.79. The van der Waals surface area contributed by atoms with Crippen molar-refractivity contribution in [3.8, 4) is 11.3 Å². The SMILES string of the molecule is CCc1nn2c(-c3c(C)cc(C)cc3C)ccnc2c1C(CC)CC. The van der Waals surface area contributed by atoms with Gasteiger partial charge in [0.05, 0.1) is 11.4 Å². The standard InChI is InChI=1S/C22H29N3/c1-7-17(8-2)21-18(9-3)24-25-19(10-11-23-22(21)25)20-15(5)12-14(4)13-16(20)6/h10-13,17H,7-9H2,1-6H3. The minimum atomic E-state index is 0.524. The van der Waals surface area contributed by atoms with E-state index in [-0.39, 0.29) is 0 Å². The average molecular weight is 335 g/mol. The first-order valence-corrected chi connectivity index (χ1v) is 9.46. The Hall–Kier alpha value is -2.16. The fraction of sp³-hybridized carbons (Fsp3) is 0.455. The molecule has 1 aromatic carbocycles. The molecule has 3 heteroatoms. The molecule has 2 heterocycles. The lowest BCUT2D eigenvalue weighted by atomic mass is 9.93. The van der Waals surface area contributed by atoms with Gasteiger partial charge >= 0.3 is 0 Å². The minimum absolute atomic E-state index is 0.524. The first-order chi connectivity index (χ1) is 12.0. The summed E-state index contributed by atoms with van der Waals surface area (Å²) in [5.41, 5.74) is 9.88. The summed E-state index contributed by atoms with van der Waals surface area (Å²) in [5.74, 6) is 0.524. The molecule has 0 atom stereocenters. The van der Waals surface area contributed by atoms with Crippen LogP contribution in [0.2, 0.25) is 0 Å². The van der Waals surface area contributed by atoms with Crippen molar-refractivity contribution in [2.24, 2.45) is 0 Å². The lowest BCUT2D eigenvalue weighted by Crippen LogP contribution is -2.01. The fourth-order valence-corrected chi connectivity index (χ4v) is 4.16. The maximum atomic E-state index is 4.98. The van der Waals surface area contributed by atoms with Crippen LogP contribution in [0.25, 0.3) is 16.9 Å². The predicted molar refractivity (Wildman–Crippen MR) is 105 cm³/mol. The van der Waals surface area contributed by atoms with E-state index in [0.29, 0.717) is 5.92 Å². The third kappa shape index (κ3) is 2.97. The normalized spacial score (nSPS) is 11.6. The smallest absolute Gasteiger partial charge is 0.159 e. The Kier molecular flexibility index (Phi) is 4.94. The number of benzene rings is 1. The Bertz CT molecular complexity index is 878. The van der Waals surface area contributed by atoms with Crippen molar-refractivity contribution < 1.29 is 0 Å². The highest BCUT2D eigenvalue weighted by Crippen LogP contribution is 2.33. The Morgan fingerprint density at radius 3 is 2.20 bits per heavy atom. The molecule has 3 nitrogen and oxygen atoms in total. The van der Waals surface area contributed by atoms with E-state index in [1.807, 2.05) is 6.20 Å². The summed E-state index contributed by atoms with van der Waals surface area (Å²) >= 11 is 0. The zero-order valence-electron chi connectivity index (χ0n) is 16.3. The van der Waals surface area contributed by atoms with Gasteiger partial charge in [0.25, 0.3) is 0 Å². The highest BCUT2D eigenvalue weighted by atomic mass is 15.3. The monoisotopic (exact) mass is 335 g/mol. The van der Waals surface area contributed by atoms with Gasteiger partial charge in [0.2, 0.25) is 0 Å². The van der Waals surface area contributed by atoms with Gasteiger partial charge < -0.3 is 0 Å². The van der Waals surface area contributed by atoms with Crippen LogP contribution in [-0.2, 0) is 6.42 Å². The summed E-state index contributed by atoms with van der Waals surface area (Å²) in [5, 5.41) is 4.98. The summed E-state index contributed by atoms with van der Waals surface area (Å²) < 4.78 is 2.08. The van der Waals surface area contributed by atoms with Crippen molar-refractivity contribution in [2.75, 3.05) is 0 Å². The van der Waals surface area contributed by atoms with E-state index in [1.54, 1.807) is 0 Å². The number of rotatable bonds is 5. The Morgan fingerprint density at radius 1 is 1.00 bits per heavy atom. The summed E-state index contributed by atoms with van der Waals surface area (Å²) in [4.78, 5) is 4.73. The maximum Gasteiger partial charge on any atom is 0.159 e. The lowest BCUT2D eigenvalue weighted by Gasteiger charge is -2.14. The number of aryl methyl sites for hydroxylation is 4. The summed E-state index contributed by atoms with van der Waals surface area (Å²) in [6, 6.07) is 6.60. The molecule has 0 unspecified atom stereocenters. The highest BCUT2D eigenvalue weighted by molar-refractivity contribution is 5.71. The molecule has 0 aliphatic heterocycles. The Labute approximate surface area is 151 Å². The van der Waals surface area contributed by atoms with Crippen molar-refractivity contribution in [1.29, 1.82) is 0 Å². The number of fused-ring (bicyclic) bond motifs is 1. The molecule has 0 N–H and O–H groups in total. The summed E-state index contributed by atoms with van der Waals surface area (Å²) in [6.45, 7) is 13.2. The summed E-state index contributed by atoms with van der Waals surface area (Å²) in [7, 11) is 0. The second-order valence-electron chi connectivity index (χ2n) is 7.07. The number of hydrogen-bond acceptors (Lipinski definition) is 2. The van der Waals surface area contributed by atoms with E-state index in [0.717, 1.165) is 30.6 Å². The largest absolute Gasteiger partial charge is 0.237 e. The van der Waals surface area contributed by atoms with E-state index >= 15 is 0 Å². The molecule has 0 radical (unpaired) electrons. The number of hydrogen-bond donors (Lipinski definition) is 0. The van der Waals surface area contributed by atoms with Gasteiger partial charge in [-0.2, -0.15) is 5.10 Å². The molecule has 3 rings (SSSR count). The number of nitrogens with zero attached hydrogens (tertiary/aromatic N) is 3. The van der Waals surface area contributed by atoms with Crippen LogP contribution < -0.4 is 0 Å². The van der Waals surface area contributed by atoms with Crippen LogP contribution in [0.15, 0.2) is 24.4 Å². The zero-order chi connectivity index (χ0) is 18.1. The van der Waals surface area contributed by atoms with Gasteiger partial charge in [-0.25, -0.2) is 9.50 Å². The highest BCUT2D eigenvalue weighted by Gasteiger charge is 2.22. The molecule has 0 aliphatic carbocycles. The fourth-order valence-electron chi connectivity index (χ4n) is 4.16. The number of aromatic nitrogens is 3. The van der Waals surface area contributed by atoms with E-state index in [2.05, 4.69) is 64.3 Å². The average Bonchev–Trinajstić information content (AvgIpc) is 2.95. The molecular formula is C22H29N3. The Balaban J connectivity index is 2.33. The molecule has 0 fully saturated rings. The van der Waals surface area contributed by atoms with Gasteiger partial charge in [-0.05, 0) is 63.1 Å². The lowest BCUT2D eigenvalue weighted by molar-refractivity contribution is 0.638. The van der Waals surface area contributed by atoms with Gasteiger partial charge in [-0.3, -0.25) is 0 Å².